The summed E-state index contributed by atoms with van der Waals surface area (Å²) < 4.78 is 10.5. The highest BCUT2D eigenvalue weighted by atomic mass is 16.5. The van der Waals surface area contributed by atoms with Gasteiger partial charge in [-0.25, -0.2) is 0 Å². The lowest BCUT2D eigenvalue weighted by Crippen LogP contribution is -2.30. The number of carboxylic acids is 1. The molecule has 0 radical (unpaired) electrons. The molecule has 1 aromatic rings. The van der Waals surface area contributed by atoms with Crippen LogP contribution in [0.15, 0.2) is 24.3 Å². The minimum absolute atomic E-state index is 0.188. The molecule has 1 aliphatic heterocycles. The monoisotopic (exact) mass is 293 g/mol. The summed E-state index contributed by atoms with van der Waals surface area (Å²) in [5.41, 5.74) is 0.458. The van der Waals surface area contributed by atoms with Crippen molar-refractivity contribution in [3.8, 4) is 5.75 Å². The van der Waals surface area contributed by atoms with Crippen LogP contribution in [0.25, 0.3) is 0 Å². The van der Waals surface area contributed by atoms with Gasteiger partial charge < -0.3 is 19.5 Å². The number of carbonyl (C=O) groups is 2. The number of hydrogen-bond donors (Lipinski definition) is 1. The lowest BCUT2D eigenvalue weighted by Gasteiger charge is -2.18. The van der Waals surface area contributed by atoms with E-state index in [-0.39, 0.29) is 12.5 Å². The molecule has 1 aromatic carbocycles. The smallest absolute Gasteiger partial charge is 0.308 e. The maximum atomic E-state index is 12.5. The third kappa shape index (κ3) is 3.72. The molecule has 6 heteroatoms. The first-order valence-electron chi connectivity index (χ1n) is 6.86. The maximum absolute atomic E-state index is 12.5. The van der Waals surface area contributed by atoms with E-state index in [2.05, 4.69) is 0 Å². The first-order valence-corrected chi connectivity index (χ1v) is 6.86. The van der Waals surface area contributed by atoms with E-state index in [0.717, 1.165) is 0 Å². The van der Waals surface area contributed by atoms with E-state index in [9.17, 15) is 9.59 Å². The molecule has 0 saturated carbocycles. The molecular formula is C15H19NO5. The number of benzene rings is 1. The van der Waals surface area contributed by atoms with Gasteiger partial charge in [-0.1, -0.05) is 12.1 Å². The Morgan fingerprint density at radius 3 is 2.76 bits per heavy atom. The first-order chi connectivity index (χ1) is 10.1. The fraction of sp³-hybridized carbons (Fsp3) is 0.467. The third-order valence-corrected chi connectivity index (χ3v) is 3.49. The SMILES string of the molecule is COCCOc1ccccc1C(=O)N1CCC(C(=O)O)C1. The molecule has 1 saturated heterocycles. The molecule has 0 aliphatic carbocycles. The van der Waals surface area contributed by atoms with Crippen LogP contribution in [0.1, 0.15) is 16.8 Å². The highest BCUT2D eigenvalue weighted by Gasteiger charge is 2.32. The predicted octanol–water partition coefficient (Wildman–Crippen LogP) is 1.26. The fourth-order valence-electron chi connectivity index (χ4n) is 2.32. The van der Waals surface area contributed by atoms with Gasteiger partial charge in [0.05, 0.1) is 18.1 Å². The summed E-state index contributed by atoms with van der Waals surface area (Å²) in [5, 5.41) is 9.00. The zero-order valence-electron chi connectivity index (χ0n) is 11.9. The second kappa shape index (κ2) is 7.08. The van der Waals surface area contributed by atoms with Gasteiger partial charge >= 0.3 is 5.97 Å². The number of methoxy groups -OCH3 is 1. The number of ether oxygens (including phenoxy) is 2. The molecule has 0 bridgehead atoms. The Morgan fingerprint density at radius 2 is 2.10 bits per heavy atom. The van der Waals surface area contributed by atoms with Crippen molar-refractivity contribution in [2.45, 2.75) is 6.42 Å². The molecular weight excluding hydrogens is 274 g/mol. The molecule has 0 spiro atoms. The van der Waals surface area contributed by atoms with Crippen LogP contribution < -0.4 is 4.74 Å². The average molecular weight is 293 g/mol. The second-order valence-corrected chi connectivity index (χ2v) is 4.91. The van der Waals surface area contributed by atoms with Crippen LogP contribution >= 0.6 is 0 Å². The Kier molecular flexibility index (Phi) is 5.16. The van der Waals surface area contributed by atoms with E-state index in [0.29, 0.717) is 37.5 Å². The molecule has 1 N–H and O–H groups in total. The number of rotatable bonds is 6. The average Bonchev–Trinajstić information content (AvgIpc) is 2.97. The summed E-state index contributed by atoms with van der Waals surface area (Å²) in [5.74, 6) is -1.02. The number of carboxylic acid groups (broad SMARTS) is 1. The van der Waals surface area contributed by atoms with Crippen molar-refractivity contribution in [3.05, 3.63) is 29.8 Å². The molecule has 1 atom stereocenters. The number of likely N-dealkylation sites (tertiary alicyclic amines) is 1. The minimum Gasteiger partial charge on any atom is -0.490 e. The Morgan fingerprint density at radius 1 is 1.33 bits per heavy atom. The molecule has 1 unspecified atom stereocenters. The van der Waals surface area contributed by atoms with Crippen molar-refractivity contribution < 1.29 is 24.2 Å². The summed E-state index contributed by atoms with van der Waals surface area (Å²) in [6, 6.07) is 6.98. The van der Waals surface area contributed by atoms with Gasteiger partial charge in [-0.05, 0) is 18.6 Å². The Labute approximate surface area is 123 Å². The van der Waals surface area contributed by atoms with Gasteiger partial charge in [0, 0.05) is 20.2 Å². The van der Waals surface area contributed by atoms with Gasteiger partial charge in [0.2, 0.25) is 0 Å². The van der Waals surface area contributed by atoms with Gasteiger partial charge in [0.1, 0.15) is 12.4 Å². The minimum atomic E-state index is -0.852. The maximum Gasteiger partial charge on any atom is 0.308 e. The van der Waals surface area contributed by atoms with E-state index in [1.807, 2.05) is 0 Å². The van der Waals surface area contributed by atoms with E-state index in [1.165, 1.54) is 0 Å². The summed E-state index contributed by atoms with van der Waals surface area (Å²) in [7, 11) is 1.58. The summed E-state index contributed by atoms with van der Waals surface area (Å²) in [6.07, 6.45) is 0.494. The normalized spacial score (nSPS) is 17.8. The highest BCUT2D eigenvalue weighted by Crippen LogP contribution is 2.24. The Bertz CT molecular complexity index is 517. The molecule has 1 heterocycles. The van der Waals surface area contributed by atoms with Crippen LogP contribution in [-0.2, 0) is 9.53 Å². The first kappa shape index (κ1) is 15.3. The van der Waals surface area contributed by atoms with Crippen molar-refractivity contribution in [1.82, 2.24) is 4.90 Å². The topological polar surface area (TPSA) is 76.1 Å². The van der Waals surface area contributed by atoms with Crippen LogP contribution in [0, 0.1) is 5.92 Å². The molecule has 2 rings (SSSR count). The van der Waals surface area contributed by atoms with Gasteiger partial charge in [-0.15, -0.1) is 0 Å². The molecule has 21 heavy (non-hydrogen) atoms. The Balaban J connectivity index is 2.07. The number of amides is 1. The molecule has 6 nitrogen and oxygen atoms in total. The standard InChI is InChI=1S/C15H19NO5/c1-20-8-9-21-13-5-3-2-4-12(13)14(17)16-7-6-11(10-16)15(18)19/h2-5,11H,6-10H2,1H3,(H,18,19). The zero-order chi connectivity index (χ0) is 15.2. The summed E-state index contributed by atoms with van der Waals surface area (Å²) in [4.78, 5) is 25.0. The summed E-state index contributed by atoms with van der Waals surface area (Å²) >= 11 is 0. The molecule has 1 aliphatic rings. The van der Waals surface area contributed by atoms with Gasteiger partial charge in [-0.3, -0.25) is 9.59 Å². The van der Waals surface area contributed by atoms with E-state index < -0.39 is 11.9 Å². The number of carbonyl (C=O) groups excluding carboxylic acids is 1. The number of aliphatic carboxylic acids is 1. The third-order valence-electron chi connectivity index (χ3n) is 3.49. The lowest BCUT2D eigenvalue weighted by molar-refractivity contribution is -0.141. The summed E-state index contributed by atoms with van der Waals surface area (Å²) in [6.45, 7) is 1.51. The van der Waals surface area contributed by atoms with Crippen molar-refractivity contribution >= 4 is 11.9 Å². The quantitative estimate of drug-likeness (QED) is 0.799. The van der Waals surface area contributed by atoms with Gasteiger partial charge in [0.15, 0.2) is 0 Å². The number of hydrogen-bond acceptors (Lipinski definition) is 4. The fourth-order valence-corrected chi connectivity index (χ4v) is 2.32. The highest BCUT2D eigenvalue weighted by molar-refractivity contribution is 5.97. The predicted molar refractivity (Wildman–Crippen MR) is 75.5 cm³/mol. The second-order valence-electron chi connectivity index (χ2n) is 4.91. The number of para-hydroxylation sites is 1. The van der Waals surface area contributed by atoms with Crippen molar-refractivity contribution in [3.63, 3.8) is 0 Å². The van der Waals surface area contributed by atoms with E-state index in [1.54, 1.807) is 36.3 Å². The number of nitrogens with zero attached hydrogens (tertiary/aromatic N) is 1. The van der Waals surface area contributed by atoms with E-state index >= 15 is 0 Å². The van der Waals surface area contributed by atoms with Crippen LogP contribution in [-0.4, -0.2) is 55.3 Å². The molecule has 0 aromatic heterocycles. The molecule has 1 amide bonds. The largest absolute Gasteiger partial charge is 0.490 e. The Hall–Kier alpha value is -2.08. The van der Waals surface area contributed by atoms with Crippen LogP contribution in [0.5, 0.6) is 5.75 Å². The van der Waals surface area contributed by atoms with Crippen molar-refractivity contribution in [2.24, 2.45) is 5.92 Å². The van der Waals surface area contributed by atoms with Crippen molar-refractivity contribution in [2.75, 3.05) is 33.4 Å². The van der Waals surface area contributed by atoms with Crippen LogP contribution in [0.2, 0.25) is 0 Å². The van der Waals surface area contributed by atoms with Gasteiger partial charge in [0.25, 0.3) is 5.91 Å². The lowest BCUT2D eigenvalue weighted by atomic mass is 10.1. The van der Waals surface area contributed by atoms with Crippen LogP contribution in [0.4, 0.5) is 0 Å². The van der Waals surface area contributed by atoms with Crippen LogP contribution in [0.3, 0.4) is 0 Å². The van der Waals surface area contributed by atoms with Crippen molar-refractivity contribution in [1.29, 1.82) is 0 Å². The van der Waals surface area contributed by atoms with E-state index in [4.69, 9.17) is 14.6 Å². The molecule has 114 valence electrons. The zero-order valence-corrected chi connectivity index (χ0v) is 11.9. The van der Waals surface area contributed by atoms with Gasteiger partial charge in [-0.2, -0.15) is 0 Å². The molecule has 1 fully saturated rings.